The van der Waals surface area contributed by atoms with Crippen molar-refractivity contribution in [1.82, 2.24) is 0 Å². The van der Waals surface area contributed by atoms with Crippen LogP contribution in [0.3, 0.4) is 0 Å². The molecule has 1 saturated heterocycles. The van der Waals surface area contributed by atoms with E-state index in [1.807, 2.05) is 6.92 Å². The van der Waals surface area contributed by atoms with Crippen LogP contribution in [-0.2, 0) is 18.9 Å². The van der Waals surface area contributed by atoms with E-state index < -0.39 is 12.4 Å². The topological polar surface area (TPSA) is 57.2 Å². The number of ether oxygens (including phenoxy) is 4. The molecule has 0 aromatic heterocycles. The number of aliphatic hydroxyl groups excluding tert-OH is 1. The fourth-order valence-corrected chi connectivity index (χ4v) is 1.84. The van der Waals surface area contributed by atoms with Gasteiger partial charge in [0.15, 0.2) is 6.29 Å². The predicted molar refractivity (Wildman–Crippen MR) is 48.9 cm³/mol. The Morgan fingerprint density at radius 1 is 0.929 bits per heavy atom. The Kier molecular flexibility index (Phi) is 4.28. The van der Waals surface area contributed by atoms with Gasteiger partial charge in [0.2, 0.25) is 0 Å². The van der Waals surface area contributed by atoms with Crippen molar-refractivity contribution in [1.29, 1.82) is 0 Å². The van der Waals surface area contributed by atoms with E-state index in [2.05, 4.69) is 0 Å². The van der Waals surface area contributed by atoms with E-state index in [0.29, 0.717) is 0 Å². The smallest absolute Gasteiger partial charge is 0.184 e. The van der Waals surface area contributed by atoms with Gasteiger partial charge in [-0.25, -0.2) is 0 Å². The third-order valence-electron chi connectivity index (χ3n) is 2.56. The number of methoxy groups -OCH3 is 3. The minimum Gasteiger partial charge on any atom is -0.376 e. The normalized spacial score (nSPS) is 43.9. The Morgan fingerprint density at radius 3 is 1.86 bits per heavy atom. The molecule has 1 aliphatic heterocycles. The quantitative estimate of drug-likeness (QED) is 0.691. The van der Waals surface area contributed by atoms with E-state index in [4.69, 9.17) is 18.9 Å². The summed E-state index contributed by atoms with van der Waals surface area (Å²) in [6.07, 6.45) is -2.24. The van der Waals surface area contributed by atoms with Crippen molar-refractivity contribution in [3.8, 4) is 0 Å². The highest BCUT2D eigenvalue weighted by Crippen LogP contribution is 2.25. The van der Waals surface area contributed by atoms with Crippen LogP contribution < -0.4 is 0 Å². The van der Waals surface area contributed by atoms with Crippen LogP contribution in [0.25, 0.3) is 0 Å². The van der Waals surface area contributed by atoms with Gasteiger partial charge in [-0.05, 0) is 6.92 Å². The Bertz CT molecular complexity index is 159. The first-order valence-corrected chi connectivity index (χ1v) is 4.57. The lowest BCUT2D eigenvalue weighted by molar-refractivity contribution is -0.291. The van der Waals surface area contributed by atoms with E-state index in [9.17, 15) is 5.11 Å². The van der Waals surface area contributed by atoms with Crippen molar-refractivity contribution in [2.24, 2.45) is 0 Å². The fourth-order valence-electron chi connectivity index (χ4n) is 1.84. The highest BCUT2D eigenvalue weighted by atomic mass is 16.7. The largest absolute Gasteiger partial charge is 0.376 e. The van der Waals surface area contributed by atoms with Gasteiger partial charge in [-0.3, -0.25) is 0 Å². The first-order valence-electron chi connectivity index (χ1n) is 4.57. The van der Waals surface area contributed by atoms with Crippen LogP contribution in [-0.4, -0.2) is 57.1 Å². The lowest BCUT2D eigenvalue weighted by Gasteiger charge is -2.41. The molecular formula is C9H18O5. The van der Waals surface area contributed by atoms with Crippen molar-refractivity contribution in [2.45, 2.75) is 37.6 Å². The van der Waals surface area contributed by atoms with Crippen LogP contribution in [0.15, 0.2) is 0 Å². The number of rotatable bonds is 3. The summed E-state index contributed by atoms with van der Waals surface area (Å²) in [4.78, 5) is 0. The molecule has 0 bridgehead atoms. The van der Waals surface area contributed by atoms with Gasteiger partial charge in [-0.15, -0.1) is 0 Å². The summed E-state index contributed by atoms with van der Waals surface area (Å²) < 4.78 is 20.9. The van der Waals surface area contributed by atoms with Crippen LogP contribution >= 0.6 is 0 Å². The molecule has 14 heavy (non-hydrogen) atoms. The molecular weight excluding hydrogens is 188 g/mol. The van der Waals surface area contributed by atoms with Crippen LogP contribution in [0.2, 0.25) is 0 Å². The molecule has 0 spiro atoms. The Balaban J connectivity index is 2.76. The van der Waals surface area contributed by atoms with Crippen LogP contribution in [0.1, 0.15) is 6.92 Å². The molecule has 1 heterocycles. The average molecular weight is 206 g/mol. The fraction of sp³-hybridized carbons (Fsp3) is 1.00. The molecule has 0 aromatic carbocycles. The molecule has 1 N–H and O–H groups in total. The van der Waals surface area contributed by atoms with Crippen LogP contribution in [0.4, 0.5) is 0 Å². The standard InChI is InChI=1S/C9H18O5/c1-5-6(11-2)7(12-3)8(13-4)9(10)14-5/h5-10H,1-4H3/t5-,6-,7+,8+,9-/m1/s1. The zero-order chi connectivity index (χ0) is 10.7. The molecule has 0 unspecified atom stereocenters. The summed E-state index contributed by atoms with van der Waals surface area (Å²) in [5.41, 5.74) is 0. The summed E-state index contributed by atoms with van der Waals surface area (Å²) in [7, 11) is 4.65. The van der Waals surface area contributed by atoms with Crippen molar-refractivity contribution >= 4 is 0 Å². The second-order valence-corrected chi connectivity index (χ2v) is 3.33. The summed E-state index contributed by atoms with van der Waals surface area (Å²) in [6.45, 7) is 1.83. The van der Waals surface area contributed by atoms with E-state index in [0.717, 1.165) is 0 Å². The average Bonchev–Trinajstić information content (AvgIpc) is 2.16. The lowest BCUT2D eigenvalue weighted by atomic mass is 9.99. The molecule has 1 fully saturated rings. The van der Waals surface area contributed by atoms with Gasteiger partial charge in [0.1, 0.15) is 18.3 Å². The molecule has 5 heteroatoms. The maximum Gasteiger partial charge on any atom is 0.184 e. The molecule has 1 rings (SSSR count). The minimum absolute atomic E-state index is 0.216. The predicted octanol–water partition coefficient (Wildman–Crippen LogP) is -0.231. The Morgan fingerprint density at radius 2 is 1.43 bits per heavy atom. The maximum atomic E-state index is 9.57. The minimum atomic E-state index is -0.966. The second kappa shape index (κ2) is 5.04. The number of hydrogen-bond acceptors (Lipinski definition) is 5. The molecule has 0 aliphatic carbocycles. The molecule has 0 aromatic rings. The zero-order valence-corrected chi connectivity index (χ0v) is 8.97. The molecule has 1 aliphatic rings. The lowest BCUT2D eigenvalue weighted by Crippen LogP contribution is -2.58. The van der Waals surface area contributed by atoms with Crippen molar-refractivity contribution in [2.75, 3.05) is 21.3 Å². The zero-order valence-electron chi connectivity index (χ0n) is 8.97. The van der Waals surface area contributed by atoms with E-state index in [1.165, 1.54) is 7.11 Å². The first-order chi connectivity index (χ1) is 6.65. The van der Waals surface area contributed by atoms with Crippen LogP contribution in [0, 0.1) is 0 Å². The van der Waals surface area contributed by atoms with Gasteiger partial charge < -0.3 is 24.1 Å². The van der Waals surface area contributed by atoms with Gasteiger partial charge in [0.25, 0.3) is 0 Å². The third-order valence-corrected chi connectivity index (χ3v) is 2.56. The van der Waals surface area contributed by atoms with Gasteiger partial charge in [0.05, 0.1) is 6.10 Å². The third kappa shape index (κ3) is 2.07. The maximum absolute atomic E-state index is 9.57. The molecule has 5 atom stereocenters. The van der Waals surface area contributed by atoms with E-state index in [1.54, 1.807) is 14.2 Å². The van der Waals surface area contributed by atoms with Crippen molar-refractivity contribution < 1.29 is 24.1 Å². The monoisotopic (exact) mass is 206 g/mol. The van der Waals surface area contributed by atoms with Gasteiger partial charge in [-0.2, -0.15) is 0 Å². The first kappa shape index (κ1) is 11.9. The molecule has 0 amide bonds. The van der Waals surface area contributed by atoms with Crippen molar-refractivity contribution in [3.05, 3.63) is 0 Å². The summed E-state index contributed by atoms with van der Waals surface area (Å²) >= 11 is 0. The van der Waals surface area contributed by atoms with Crippen molar-refractivity contribution in [3.63, 3.8) is 0 Å². The highest BCUT2D eigenvalue weighted by molar-refractivity contribution is 4.89. The Labute approximate surface area is 83.9 Å². The molecule has 84 valence electrons. The number of hydrogen-bond donors (Lipinski definition) is 1. The van der Waals surface area contributed by atoms with Gasteiger partial charge >= 0.3 is 0 Å². The Hall–Kier alpha value is -0.200. The highest BCUT2D eigenvalue weighted by Gasteiger charge is 2.44. The molecule has 0 saturated carbocycles. The van der Waals surface area contributed by atoms with Crippen LogP contribution in [0.5, 0.6) is 0 Å². The van der Waals surface area contributed by atoms with E-state index >= 15 is 0 Å². The second-order valence-electron chi connectivity index (χ2n) is 3.33. The summed E-state index contributed by atoms with van der Waals surface area (Å²) in [5, 5.41) is 9.57. The summed E-state index contributed by atoms with van der Waals surface area (Å²) in [6, 6.07) is 0. The van der Waals surface area contributed by atoms with Gasteiger partial charge in [0, 0.05) is 21.3 Å². The number of aliphatic hydroxyl groups is 1. The molecule has 0 radical (unpaired) electrons. The van der Waals surface area contributed by atoms with E-state index in [-0.39, 0.29) is 18.3 Å². The van der Waals surface area contributed by atoms with Gasteiger partial charge in [-0.1, -0.05) is 0 Å². The molecule has 5 nitrogen and oxygen atoms in total. The summed E-state index contributed by atoms with van der Waals surface area (Å²) in [5.74, 6) is 0. The SMILES string of the molecule is CO[C@@H]1[C@H](OC)[C@H](O)O[C@H](C)[C@H]1OC.